The number of anilines is 1. The summed E-state index contributed by atoms with van der Waals surface area (Å²) in [7, 11) is 2.21. The van der Waals surface area contributed by atoms with Gasteiger partial charge in [-0.2, -0.15) is 39.5 Å². The molecule has 3 amide bonds. The van der Waals surface area contributed by atoms with Gasteiger partial charge in [-0.15, -0.1) is 0 Å². The molecule has 0 spiro atoms. The normalized spacial score (nSPS) is 18.6. The number of likely N-dealkylation sites (N-methyl/N-ethyl adjacent to an activating group) is 1. The summed E-state index contributed by atoms with van der Waals surface area (Å²) in [6.45, 7) is -0.283. The highest BCUT2D eigenvalue weighted by molar-refractivity contribution is 5.92. The molecule has 0 aromatic heterocycles. The largest absolute Gasteiger partial charge is 0.465 e. The number of urea groups is 1. The van der Waals surface area contributed by atoms with Gasteiger partial charge in [0.2, 0.25) is 0 Å². The van der Waals surface area contributed by atoms with Gasteiger partial charge < -0.3 is 14.9 Å². The molecular weight excluding hydrogens is 549 g/mol. The third-order valence-electron chi connectivity index (χ3n) is 6.56. The summed E-state index contributed by atoms with van der Waals surface area (Å²) >= 11 is 0. The Balaban J connectivity index is 1.96. The minimum Gasteiger partial charge on any atom is -0.465 e. The summed E-state index contributed by atoms with van der Waals surface area (Å²) in [6.07, 6.45) is -16.2. The minimum atomic E-state index is -5.14. The molecule has 0 saturated carbocycles. The van der Waals surface area contributed by atoms with Crippen molar-refractivity contribution in [1.82, 2.24) is 9.80 Å². The molecule has 3 rings (SSSR count). The van der Waals surface area contributed by atoms with Crippen LogP contribution in [-0.4, -0.2) is 60.3 Å². The lowest BCUT2D eigenvalue weighted by Gasteiger charge is -2.43. The number of piperidine rings is 1. The number of halogens is 9. The summed E-state index contributed by atoms with van der Waals surface area (Å²) in [5, 5.41) is 9.41. The lowest BCUT2D eigenvalue weighted by molar-refractivity contribution is -0.143. The lowest BCUT2D eigenvalue weighted by atomic mass is 9.85. The maximum absolute atomic E-state index is 13.3. The fourth-order valence-corrected chi connectivity index (χ4v) is 4.44. The van der Waals surface area contributed by atoms with E-state index in [1.165, 1.54) is 7.05 Å². The highest BCUT2D eigenvalue weighted by Gasteiger charge is 2.40. The summed E-state index contributed by atoms with van der Waals surface area (Å²) < 4.78 is 119. The Hall–Kier alpha value is -3.65. The molecule has 0 bridgehead atoms. The van der Waals surface area contributed by atoms with Gasteiger partial charge in [-0.1, -0.05) is 12.1 Å². The molecule has 6 nitrogen and oxygen atoms in total. The van der Waals surface area contributed by atoms with Gasteiger partial charge in [-0.05, 0) is 42.3 Å². The summed E-state index contributed by atoms with van der Waals surface area (Å²) in [5.41, 5.74) is -4.62. The quantitative estimate of drug-likeness (QED) is 0.414. The van der Waals surface area contributed by atoms with Crippen molar-refractivity contribution in [3.63, 3.8) is 0 Å². The Morgan fingerprint density at radius 3 is 1.74 bits per heavy atom. The van der Waals surface area contributed by atoms with E-state index >= 15 is 0 Å². The number of amides is 3. The van der Waals surface area contributed by atoms with Gasteiger partial charge in [0.1, 0.15) is 0 Å². The van der Waals surface area contributed by atoms with Crippen LogP contribution in [0.1, 0.15) is 34.6 Å². The summed E-state index contributed by atoms with van der Waals surface area (Å²) in [6, 6.07) is 2.71. The van der Waals surface area contributed by atoms with E-state index in [4.69, 9.17) is 0 Å². The second-order valence-corrected chi connectivity index (χ2v) is 9.03. The van der Waals surface area contributed by atoms with Gasteiger partial charge >= 0.3 is 30.7 Å². The predicted octanol–water partition coefficient (Wildman–Crippen LogP) is 6.77. The molecule has 1 N–H and O–H groups in total. The number of rotatable bonds is 3. The van der Waals surface area contributed by atoms with Crippen LogP contribution in [0.2, 0.25) is 0 Å². The van der Waals surface area contributed by atoms with Gasteiger partial charge in [0.15, 0.2) is 0 Å². The molecule has 0 aliphatic carbocycles. The molecule has 1 saturated heterocycles. The Labute approximate surface area is 216 Å². The number of benzene rings is 2. The molecule has 1 fully saturated rings. The highest BCUT2D eigenvalue weighted by Crippen LogP contribution is 2.39. The molecule has 2 aromatic rings. The van der Waals surface area contributed by atoms with E-state index in [1.54, 1.807) is 0 Å². The van der Waals surface area contributed by atoms with Crippen LogP contribution in [0, 0.1) is 0 Å². The summed E-state index contributed by atoms with van der Waals surface area (Å²) in [4.78, 5) is 27.4. The standard InChI is InChI=1S/C24H22F9N3O3/c1-34(17-10-15(23(28,29)30)9-16(11-17)24(31,32)33)20(37)35(2)19-7-8-36(21(38)39)12-18(19)13-3-5-14(6-4-13)22(25,26)27/h3-6,9-11,18-19H,7-8,12H2,1-2H3,(H,38,39)/t18-,19+/m0/s1. The number of carboxylic acid groups (broad SMARTS) is 1. The molecule has 1 aliphatic heterocycles. The highest BCUT2D eigenvalue weighted by atomic mass is 19.4. The number of carbonyl (C=O) groups excluding carboxylic acids is 1. The molecule has 0 radical (unpaired) electrons. The van der Waals surface area contributed by atoms with Crippen molar-refractivity contribution >= 4 is 17.8 Å². The first-order chi connectivity index (χ1) is 17.8. The Morgan fingerprint density at radius 1 is 0.821 bits per heavy atom. The van der Waals surface area contributed by atoms with Crippen LogP contribution in [0.3, 0.4) is 0 Å². The SMILES string of the molecule is CN(C(=O)N(C)[C@@H]1CCN(C(=O)O)C[C@H]1c1ccc(C(F)(F)F)cc1)c1cc(C(F)(F)F)cc(C(F)(F)F)c1. The molecule has 0 unspecified atom stereocenters. The number of likely N-dealkylation sites (tertiary alicyclic amines) is 1. The maximum atomic E-state index is 13.3. The van der Waals surface area contributed by atoms with Crippen LogP contribution in [0.25, 0.3) is 0 Å². The number of hydrogen-bond acceptors (Lipinski definition) is 2. The fraction of sp³-hybridized carbons (Fsp3) is 0.417. The van der Waals surface area contributed by atoms with Crippen LogP contribution < -0.4 is 4.90 Å². The molecule has 1 heterocycles. The van der Waals surface area contributed by atoms with Crippen molar-refractivity contribution in [3.05, 3.63) is 64.7 Å². The first kappa shape index (κ1) is 29.9. The van der Waals surface area contributed by atoms with Crippen molar-refractivity contribution in [3.8, 4) is 0 Å². The third-order valence-corrected chi connectivity index (χ3v) is 6.56. The first-order valence-corrected chi connectivity index (χ1v) is 11.3. The predicted molar refractivity (Wildman–Crippen MR) is 120 cm³/mol. The van der Waals surface area contributed by atoms with Crippen molar-refractivity contribution in [1.29, 1.82) is 0 Å². The van der Waals surface area contributed by atoms with E-state index in [0.717, 1.165) is 41.1 Å². The third kappa shape index (κ3) is 6.68. The number of hydrogen-bond donors (Lipinski definition) is 1. The smallest absolute Gasteiger partial charge is 0.416 e. The van der Waals surface area contributed by atoms with E-state index < -0.39 is 65.0 Å². The average Bonchev–Trinajstić information content (AvgIpc) is 2.85. The Bertz CT molecular complexity index is 1180. The molecule has 214 valence electrons. The van der Waals surface area contributed by atoms with Crippen LogP contribution in [0.15, 0.2) is 42.5 Å². The lowest BCUT2D eigenvalue weighted by Crippen LogP contribution is -2.54. The van der Waals surface area contributed by atoms with E-state index in [2.05, 4.69) is 0 Å². The topological polar surface area (TPSA) is 64.1 Å². The summed E-state index contributed by atoms with van der Waals surface area (Å²) in [5.74, 6) is -0.841. The van der Waals surface area contributed by atoms with Crippen LogP contribution in [0.5, 0.6) is 0 Å². The van der Waals surface area contributed by atoms with Crippen LogP contribution >= 0.6 is 0 Å². The zero-order valence-electron chi connectivity index (χ0n) is 20.3. The van der Waals surface area contributed by atoms with Gasteiger partial charge in [-0.25, -0.2) is 9.59 Å². The molecular formula is C24H22F9N3O3. The molecule has 2 aromatic carbocycles. The Morgan fingerprint density at radius 2 is 1.31 bits per heavy atom. The van der Waals surface area contributed by atoms with E-state index in [9.17, 15) is 54.2 Å². The molecule has 15 heteroatoms. The second kappa shape index (κ2) is 10.5. The monoisotopic (exact) mass is 571 g/mol. The zero-order valence-corrected chi connectivity index (χ0v) is 20.3. The van der Waals surface area contributed by atoms with Crippen molar-refractivity contribution in [2.75, 3.05) is 32.1 Å². The van der Waals surface area contributed by atoms with Crippen LogP contribution in [-0.2, 0) is 18.5 Å². The Kier molecular flexibility index (Phi) is 8.04. The number of nitrogens with zero attached hydrogens (tertiary/aromatic N) is 3. The first-order valence-electron chi connectivity index (χ1n) is 11.3. The van der Waals surface area contributed by atoms with Gasteiger partial charge in [0, 0.05) is 44.8 Å². The molecule has 1 aliphatic rings. The van der Waals surface area contributed by atoms with Crippen LogP contribution in [0.4, 0.5) is 54.8 Å². The van der Waals surface area contributed by atoms with E-state index in [0.29, 0.717) is 17.0 Å². The van der Waals surface area contributed by atoms with Crippen molar-refractivity contribution in [2.45, 2.75) is 36.9 Å². The van der Waals surface area contributed by atoms with Gasteiger partial charge in [-0.3, -0.25) is 4.90 Å². The zero-order chi connectivity index (χ0) is 29.5. The second-order valence-electron chi connectivity index (χ2n) is 9.03. The maximum Gasteiger partial charge on any atom is 0.416 e. The number of alkyl halides is 9. The average molecular weight is 571 g/mol. The van der Waals surface area contributed by atoms with Crippen molar-refractivity contribution in [2.24, 2.45) is 0 Å². The van der Waals surface area contributed by atoms with E-state index in [1.807, 2.05) is 0 Å². The van der Waals surface area contributed by atoms with Gasteiger partial charge in [0.25, 0.3) is 0 Å². The molecule has 2 atom stereocenters. The molecule has 39 heavy (non-hydrogen) atoms. The number of carbonyl (C=O) groups is 2. The van der Waals surface area contributed by atoms with E-state index in [-0.39, 0.29) is 31.1 Å². The minimum absolute atomic E-state index is 0.00443. The van der Waals surface area contributed by atoms with Gasteiger partial charge in [0.05, 0.1) is 16.7 Å². The van der Waals surface area contributed by atoms with Crippen molar-refractivity contribution < 1.29 is 54.2 Å². The fourth-order valence-electron chi connectivity index (χ4n) is 4.44.